The van der Waals surface area contributed by atoms with E-state index in [-0.39, 0.29) is 32.6 Å². The number of nitrogens with zero attached hydrogens (tertiary/aromatic N) is 1. The van der Waals surface area contributed by atoms with Gasteiger partial charge in [0.1, 0.15) is 5.82 Å². The molecule has 2 rings (SSSR count). The average Bonchev–Trinajstić information content (AvgIpc) is 2.44. The van der Waals surface area contributed by atoms with E-state index in [9.17, 15) is 14.3 Å². The van der Waals surface area contributed by atoms with Gasteiger partial charge in [0.25, 0.3) is 0 Å². The third-order valence-corrected chi connectivity index (χ3v) is 3.51. The number of aliphatic hydroxyl groups excluding tert-OH is 1. The SMILES string of the molecule is Nc1cc(-c2ccc(Cl)c(F)c2CO)nc(C(=O)O)c1Cl. The fourth-order valence-corrected chi connectivity index (χ4v) is 2.17. The number of carbonyl (C=O) groups is 1. The summed E-state index contributed by atoms with van der Waals surface area (Å²) in [6, 6.07) is 3.99. The van der Waals surface area contributed by atoms with Crippen LogP contribution in [0.25, 0.3) is 11.3 Å². The van der Waals surface area contributed by atoms with Gasteiger partial charge in [0.2, 0.25) is 0 Å². The molecule has 2 aromatic rings. The van der Waals surface area contributed by atoms with Crippen molar-refractivity contribution < 1.29 is 19.4 Å². The highest BCUT2D eigenvalue weighted by molar-refractivity contribution is 6.35. The van der Waals surface area contributed by atoms with Crippen LogP contribution >= 0.6 is 23.2 Å². The Morgan fingerprint density at radius 2 is 2.05 bits per heavy atom. The molecular weight excluding hydrogens is 322 g/mol. The van der Waals surface area contributed by atoms with Crippen LogP contribution in [0.3, 0.4) is 0 Å². The van der Waals surface area contributed by atoms with Crippen LogP contribution in [0.15, 0.2) is 18.2 Å². The van der Waals surface area contributed by atoms with Gasteiger partial charge in [-0.05, 0) is 12.1 Å². The first-order valence-electron chi connectivity index (χ1n) is 5.64. The molecule has 1 heterocycles. The summed E-state index contributed by atoms with van der Waals surface area (Å²) >= 11 is 11.4. The van der Waals surface area contributed by atoms with Crippen molar-refractivity contribution in [2.45, 2.75) is 6.61 Å². The van der Waals surface area contributed by atoms with E-state index in [0.717, 1.165) is 0 Å². The second-order valence-corrected chi connectivity index (χ2v) is 4.90. The third kappa shape index (κ3) is 2.78. The maximum Gasteiger partial charge on any atom is 0.356 e. The molecule has 0 aliphatic carbocycles. The summed E-state index contributed by atoms with van der Waals surface area (Å²) in [6.45, 7) is -0.631. The average molecular weight is 331 g/mol. The fraction of sp³-hybridized carbons (Fsp3) is 0.0769. The summed E-state index contributed by atoms with van der Waals surface area (Å²) in [4.78, 5) is 14.9. The second kappa shape index (κ2) is 5.85. The number of benzene rings is 1. The van der Waals surface area contributed by atoms with Gasteiger partial charge in [0.15, 0.2) is 5.69 Å². The number of pyridine rings is 1. The first kappa shape index (κ1) is 15.5. The van der Waals surface area contributed by atoms with Crippen LogP contribution in [0.5, 0.6) is 0 Å². The number of anilines is 1. The number of aliphatic hydroxyl groups is 1. The molecule has 5 nitrogen and oxygen atoms in total. The Hall–Kier alpha value is -1.89. The molecule has 110 valence electrons. The lowest BCUT2D eigenvalue weighted by Crippen LogP contribution is -2.06. The van der Waals surface area contributed by atoms with Gasteiger partial charge in [0, 0.05) is 11.1 Å². The number of hydrogen-bond donors (Lipinski definition) is 3. The van der Waals surface area contributed by atoms with Crippen LogP contribution in [0.2, 0.25) is 10.0 Å². The Kier molecular flexibility index (Phi) is 4.32. The largest absolute Gasteiger partial charge is 0.476 e. The molecule has 0 bridgehead atoms. The summed E-state index contributed by atoms with van der Waals surface area (Å²) < 4.78 is 13.9. The zero-order valence-electron chi connectivity index (χ0n) is 10.4. The summed E-state index contributed by atoms with van der Waals surface area (Å²) in [5, 5.41) is 18.0. The number of rotatable bonds is 3. The number of carboxylic acid groups (broad SMARTS) is 1. The lowest BCUT2D eigenvalue weighted by molar-refractivity contribution is 0.0691. The number of carboxylic acids is 1. The molecule has 0 aliphatic heterocycles. The van der Waals surface area contributed by atoms with E-state index in [1.54, 1.807) is 0 Å². The number of halogens is 3. The minimum atomic E-state index is -1.37. The monoisotopic (exact) mass is 330 g/mol. The lowest BCUT2D eigenvalue weighted by atomic mass is 10.0. The van der Waals surface area contributed by atoms with Gasteiger partial charge in [-0.25, -0.2) is 14.2 Å². The van der Waals surface area contributed by atoms with Crippen molar-refractivity contribution in [3.8, 4) is 11.3 Å². The Morgan fingerprint density at radius 1 is 1.38 bits per heavy atom. The summed E-state index contributed by atoms with van der Waals surface area (Å²) in [5.41, 5.74) is 5.33. The fourth-order valence-electron chi connectivity index (χ4n) is 1.82. The maximum absolute atomic E-state index is 13.9. The summed E-state index contributed by atoms with van der Waals surface area (Å²) in [5.74, 6) is -2.17. The molecule has 1 aromatic carbocycles. The van der Waals surface area contributed by atoms with Gasteiger partial charge in [-0.3, -0.25) is 0 Å². The Balaban J connectivity index is 2.74. The van der Waals surface area contributed by atoms with Gasteiger partial charge in [-0.2, -0.15) is 0 Å². The van der Waals surface area contributed by atoms with E-state index in [4.69, 9.17) is 34.0 Å². The molecule has 0 saturated heterocycles. The quantitative estimate of drug-likeness (QED) is 0.803. The minimum absolute atomic E-state index is 0.0154. The number of nitrogens with two attached hydrogens (primary N) is 1. The zero-order chi connectivity index (χ0) is 15.7. The van der Waals surface area contributed by atoms with Crippen LogP contribution in [0.1, 0.15) is 16.1 Å². The number of aromatic carboxylic acids is 1. The lowest BCUT2D eigenvalue weighted by Gasteiger charge is -2.11. The van der Waals surface area contributed by atoms with Gasteiger partial charge in [-0.15, -0.1) is 0 Å². The molecule has 1 aromatic heterocycles. The van der Waals surface area contributed by atoms with Crippen molar-refractivity contribution in [1.82, 2.24) is 4.98 Å². The van der Waals surface area contributed by atoms with Gasteiger partial charge < -0.3 is 15.9 Å². The van der Waals surface area contributed by atoms with E-state index < -0.39 is 24.1 Å². The van der Waals surface area contributed by atoms with Gasteiger partial charge >= 0.3 is 5.97 Å². The predicted octanol–water partition coefficient (Wildman–Crippen LogP) is 2.97. The summed E-state index contributed by atoms with van der Waals surface area (Å²) in [6.07, 6.45) is 0. The molecule has 4 N–H and O–H groups in total. The second-order valence-electron chi connectivity index (χ2n) is 4.11. The number of aromatic nitrogens is 1. The van der Waals surface area contributed by atoms with Crippen LogP contribution < -0.4 is 5.73 Å². The van der Waals surface area contributed by atoms with E-state index in [1.165, 1.54) is 18.2 Å². The molecule has 0 spiro atoms. The molecule has 0 unspecified atom stereocenters. The van der Waals surface area contributed by atoms with Crippen molar-refractivity contribution in [1.29, 1.82) is 0 Å². The van der Waals surface area contributed by atoms with Crippen LogP contribution in [0, 0.1) is 5.82 Å². The van der Waals surface area contributed by atoms with Crippen molar-refractivity contribution >= 4 is 34.9 Å². The standard InChI is InChI=1S/C13H9Cl2FN2O3/c14-7-2-1-5(6(4-19)11(7)16)9-3-8(17)10(15)12(18-9)13(20)21/h1-3,19H,4H2,(H2,17,18)(H,20,21). The van der Waals surface area contributed by atoms with Crippen LogP contribution in [-0.2, 0) is 6.61 Å². The molecule has 0 fully saturated rings. The van der Waals surface area contributed by atoms with Crippen LogP contribution in [-0.4, -0.2) is 21.2 Å². The number of nitrogen functional groups attached to an aromatic ring is 1. The molecule has 8 heteroatoms. The van der Waals surface area contributed by atoms with E-state index >= 15 is 0 Å². The first-order chi connectivity index (χ1) is 9.86. The molecule has 0 radical (unpaired) electrons. The van der Waals surface area contributed by atoms with Crippen molar-refractivity contribution in [3.05, 3.63) is 45.3 Å². The highest BCUT2D eigenvalue weighted by Gasteiger charge is 2.19. The summed E-state index contributed by atoms with van der Waals surface area (Å²) in [7, 11) is 0. The Bertz CT molecular complexity index is 738. The van der Waals surface area contributed by atoms with E-state index in [1.807, 2.05) is 0 Å². The zero-order valence-corrected chi connectivity index (χ0v) is 11.9. The Labute approximate surface area is 128 Å². The van der Waals surface area contributed by atoms with E-state index in [0.29, 0.717) is 0 Å². The van der Waals surface area contributed by atoms with E-state index in [2.05, 4.69) is 4.98 Å². The molecular formula is C13H9Cl2FN2O3. The van der Waals surface area contributed by atoms with Crippen LogP contribution in [0.4, 0.5) is 10.1 Å². The molecule has 0 amide bonds. The first-order valence-corrected chi connectivity index (χ1v) is 6.39. The molecule has 21 heavy (non-hydrogen) atoms. The van der Waals surface area contributed by atoms with Crippen molar-refractivity contribution in [2.75, 3.05) is 5.73 Å². The van der Waals surface area contributed by atoms with Gasteiger partial charge in [0.05, 0.1) is 28.0 Å². The normalized spacial score (nSPS) is 10.7. The molecule has 0 atom stereocenters. The van der Waals surface area contributed by atoms with Gasteiger partial charge in [-0.1, -0.05) is 29.3 Å². The van der Waals surface area contributed by atoms with Crippen molar-refractivity contribution in [2.24, 2.45) is 0 Å². The van der Waals surface area contributed by atoms with Crippen molar-refractivity contribution in [3.63, 3.8) is 0 Å². The predicted molar refractivity (Wildman–Crippen MR) is 76.9 cm³/mol. The minimum Gasteiger partial charge on any atom is -0.476 e. The maximum atomic E-state index is 13.9. The molecule has 0 aliphatic rings. The highest BCUT2D eigenvalue weighted by Crippen LogP contribution is 2.32. The smallest absolute Gasteiger partial charge is 0.356 e. The molecule has 0 saturated carbocycles. The topological polar surface area (TPSA) is 96.4 Å². The third-order valence-electron chi connectivity index (χ3n) is 2.82. The highest BCUT2D eigenvalue weighted by atomic mass is 35.5. The number of hydrogen-bond acceptors (Lipinski definition) is 4. The Morgan fingerprint density at radius 3 is 2.62 bits per heavy atom.